The average molecular weight is 287 g/mol. The Morgan fingerprint density at radius 1 is 1.29 bits per heavy atom. The van der Waals surface area contributed by atoms with Crippen LogP contribution in [-0.2, 0) is 0 Å². The minimum absolute atomic E-state index is 0.108. The minimum atomic E-state index is -0.257. The van der Waals surface area contributed by atoms with E-state index in [1.165, 1.54) is 12.1 Å². The van der Waals surface area contributed by atoms with Gasteiger partial charge >= 0.3 is 0 Å². The molecule has 0 fully saturated rings. The minimum Gasteiger partial charge on any atom is -0.341 e. The van der Waals surface area contributed by atoms with Crippen LogP contribution in [0.4, 0.5) is 4.39 Å². The van der Waals surface area contributed by atoms with Crippen LogP contribution < -0.4 is 0 Å². The number of fused-ring (bicyclic) bond motifs is 1. The third-order valence-corrected chi connectivity index (χ3v) is 3.49. The van der Waals surface area contributed by atoms with E-state index in [2.05, 4.69) is 41.9 Å². The number of hydrogen-bond donors (Lipinski definition) is 1. The highest BCUT2D eigenvalue weighted by atomic mass is 19.1. The molecule has 0 amide bonds. The lowest BCUT2D eigenvalue weighted by molar-refractivity contribution is 0.183. The average Bonchev–Trinajstić information content (AvgIpc) is 2.81. The molecule has 1 aromatic carbocycles. The van der Waals surface area contributed by atoms with E-state index < -0.39 is 0 Å². The predicted molar refractivity (Wildman–Crippen MR) is 85.6 cm³/mol. The molecule has 0 saturated heterocycles. The van der Waals surface area contributed by atoms with Crippen LogP contribution in [-0.4, -0.2) is 28.0 Å². The maximum atomic E-state index is 13.3. The Labute approximate surface area is 125 Å². The lowest BCUT2D eigenvalue weighted by Crippen LogP contribution is -2.33. The van der Waals surface area contributed by atoms with E-state index in [0.29, 0.717) is 5.92 Å². The number of nitrogens with one attached hydrogen (secondary N) is 1. The van der Waals surface area contributed by atoms with Crippen LogP contribution in [0.25, 0.3) is 11.0 Å². The third kappa shape index (κ3) is 3.39. The Balaban J connectivity index is 2.43. The summed E-state index contributed by atoms with van der Waals surface area (Å²) in [7, 11) is 0. The van der Waals surface area contributed by atoms with Crippen molar-refractivity contribution in [1.82, 2.24) is 14.9 Å². The van der Waals surface area contributed by atoms with E-state index in [1.807, 2.05) is 12.2 Å². The normalized spacial score (nSPS) is 13.0. The fourth-order valence-corrected chi connectivity index (χ4v) is 2.69. The summed E-state index contributed by atoms with van der Waals surface area (Å²) in [5.41, 5.74) is 1.52. The highest BCUT2D eigenvalue weighted by Crippen LogP contribution is 2.28. The summed E-state index contributed by atoms with van der Waals surface area (Å²) in [6.45, 7) is 13.4. The van der Waals surface area contributed by atoms with Gasteiger partial charge in [0.25, 0.3) is 0 Å². The van der Waals surface area contributed by atoms with Gasteiger partial charge in [0.2, 0.25) is 0 Å². The molecule has 1 aromatic heterocycles. The molecular weight excluding hydrogens is 265 g/mol. The van der Waals surface area contributed by atoms with Gasteiger partial charge in [-0.3, -0.25) is 4.90 Å². The molecule has 0 radical (unpaired) electrons. The molecule has 0 saturated carbocycles. The van der Waals surface area contributed by atoms with Crippen molar-refractivity contribution in [2.75, 3.05) is 13.1 Å². The standard InChI is InChI=1S/C17H22FN3/c1-5-9-21(10-6-2)16(12(3)4)17-19-14-8-7-13(18)11-15(14)20-17/h5-8,11-12,16H,1-2,9-10H2,3-4H3,(H,19,20). The fourth-order valence-electron chi connectivity index (χ4n) is 2.69. The Kier molecular flexibility index (Phi) is 4.91. The summed E-state index contributed by atoms with van der Waals surface area (Å²) in [4.78, 5) is 10.1. The van der Waals surface area contributed by atoms with E-state index in [-0.39, 0.29) is 11.9 Å². The fraction of sp³-hybridized carbons (Fsp3) is 0.353. The summed E-state index contributed by atoms with van der Waals surface area (Å²) in [5, 5.41) is 0. The lowest BCUT2D eigenvalue weighted by atomic mass is 10.0. The Bertz CT molecular complexity index is 620. The molecule has 0 aliphatic heterocycles. The summed E-state index contributed by atoms with van der Waals surface area (Å²) < 4.78 is 13.3. The molecule has 0 bridgehead atoms. The molecular formula is C17H22FN3. The van der Waals surface area contributed by atoms with Crippen molar-refractivity contribution < 1.29 is 4.39 Å². The van der Waals surface area contributed by atoms with Crippen molar-refractivity contribution >= 4 is 11.0 Å². The topological polar surface area (TPSA) is 31.9 Å². The van der Waals surface area contributed by atoms with Crippen molar-refractivity contribution in [2.45, 2.75) is 19.9 Å². The Morgan fingerprint density at radius 2 is 1.95 bits per heavy atom. The van der Waals surface area contributed by atoms with Gasteiger partial charge in [-0.15, -0.1) is 13.2 Å². The van der Waals surface area contributed by atoms with Gasteiger partial charge in [-0.25, -0.2) is 9.37 Å². The molecule has 0 spiro atoms. The maximum absolute atomic E-state index is 13.3. The Morgan fingerprint density at radius 3 is 2.52 bits per heavy atom. The number of H-pyrrole nitrogens is 1. The number of halogens is 1. The van der Waals surface area contributed by atoms with Gasteiger partial charge in [-0.05, 0) is 24.1 Å². The first-order valence-corrected chi connectivity index (χ1v) is 7.17. The van der Waals surface area contributed by atoms with Crippen LogP contribution >= 0.6 is 0 Å². The van der Waals surface area contributed by atoms with Gasteiger partial charge in [0.05, 0.1) is 17.1 Å². The van der Waals surface area contributed by atoms with Crippen LogP contribution in [0.5, 0.6) is 0 Å². The van der Waals surface area contributed by atoms with Crippen molar-refractivity contribution in [3.8, 4) is 0 Å². The smallest absolute Gasteiger partial charge is 0.125 e. The van der Waals surface area contributed by atoms with Crippen LogP contribution in [0.3, 0.4) is 0 Å². The van der Waals surface area contributed by atoms with Gasteiger partial charge in [0.15, 0.2) is 0 Å². The summed E-state index contributed by atoms with van der Waals surface area (Å²) in [5.74, 6) is 0.956. The number of aromatic amines is 1. The number of nitrogens with zero attached hydrogens (tertiary/aromatic N) is 2. The second-order valence-electron chi connectivity index (χ2n) is 5.50. The molecule has 0 aliphatic rings. The molecule has 4 heteroatoms. The molecule has 112 valence electrons. The van der Waals surface area contributed by atoms with Gasteiger partial charge in [0, 0.05) is 13.1 Å². The monoisotopic (exact) mass is 287 g/mol. The predicted octanol–water partition coefficient (Wildman–Crippen LogP) is 4.07. The quantitative estimate of drug-likeness (QED) is 0.778. The number of imidazole rings is 1. The zero-order valence-electron chi connectivity index (χ0n) is 12.6. The van der Waals surface area contributed by atoms with Crippen molar-refractivity contribution in [3.05, 3.63) is 55.2 Å². The van der Waals surface area contributed by atoms with Crippen LogP contribution in [0, 0.1) is 11.7 Å². The molecule has 1 heterocycles. The molecule has 0 aliphatic carbocycles. The zero-order valence-corrected chi connectivity index (χ0v) is 12.6. The molecule has 1 atom stereocenters. The summed E-state index contributed by atoms with van der Waals surface area (Å²) >= 11 is 0. The summed E-state index contributed by atoms with van der Waals surface area (Å²) in [6, 6.07) is 4.72. The molecule has 1 unspecified atom stereocenters. The number of hydrogen-bond acceptors (Lipinski definition) is 2. The van der Waals surface area contributed by atoms with Crippen molar-refractivity contribution in [3.63, 3.8) is 0 Å². The number of rotatable bonds is 7. The first-order chi connectivity index (χ1) is 10.1. The first kappa shape index (κ1) is 15.4. The highest BCUT2D eigenvalue weighted by molar-refractivity contribution is 5.75. The van der Waals surface area contributed by atoms with E-state index in [0.717, 1.165) is 29.9 Å². The molecule has 21 heavy (non-hydrogen) atoms. The Hall–Kier alpha value is -1.94. The highest BCUT2D eigenvalue weighted by Gasteiger charge is 2.25. The van der Waals surface area contributed by atoms with Crippen molar-refractivity contribution in [2.24, 2.45) is 5.92 Å². The first-order valence-electron chi connectivity index (χ1n) is 7.17. The van der Waals surface area contributed by atoms with Crippen LogP contribution in [0.15, 0.2) is 43.5 Å². The van der Waals surface area contributed by atoms with E-state index >= 15 is 0 Å². The maximum Gasteiger partial charge on any atom is 0.125 e. The second kappa shape index (κ2) is 6.68. The summed E-state index contributed by atoms with van der Waals surface area (Å²) in [6.07, 6.45) is 3.75. The third-order valence-electron chi connectivity index (χ3n) is 3.49. The largest absolute Gasteiger partial charge is 0.341 e. The van der Waals surface area contributed by atoms with Gasteiger partial charge < -0.3 is 4.98 Å². The molecule has 3 nitrogen and oxygen atoms in total. The lowest BCUT2D eigenvalue weighted by Gasteiger charge is -2.31. The van der Waals surface area contributed by atoms with E-state index in [4.69, 9.17) is 0 Å². The molecule has 2 aromatic rings. The van der Waals surface area contributed by atoms with Gasteiger partial charge in [-0.2, -0.15) is 0 Å². The number of aromatic nitrogens is 2. The van der Waals surface area contributed by atoms with Crippen LogP contribution in [0.2, 0.25) is 0 Å². The van der Waals surface area contributed by atoms with Gasteiger partial charge in [0.1, 0.15) is 11.6 Å². The van der Waals surface area contributed by atoms with Crippen LogP contribution in [0.1, 0.15) is 25.7 Å². The zero-order chi connectivity index (χ0) is 15.4. The second-order valence-corrected chi connectivity index (χ2v) is 5.50. The van der Waals surface area contributed by atoms with E-state index in [9.17, 15) is 4.39 Å². The molecule has 2 rings (SSSR count). The van der Waals surface area contributed by atoms with E-state index in [1.54, 1.807) is 6.07 Å². The van der Waals surface area contributed by atoms with Gasteiger partial charge in [-0.1, -0.05) is 26.0 Å². The van der Waals surface area contributed by atoms with Crippen molar-refractivity contribution in [1.29, 1.82) is 0 Å². The molecule has 1 N–H and O–H groups in total. The number of benzene rings is 1. The SMILES string of the molecule is C=CCN(CC=C)C(c1nc2ccc(F)cc2[nH]1)C(C)C.